The van der Waals surface area contributed by atoms with E-state index in [1.807, 2.05) is 0 Å². The van der Waals surface area contributed by atoms with Crippen molar-refractivity contribution in [3.8, 4) is 0 Å². The van der Waals surface area contributed by atoms with Crippen molar-refractivity contribution in [3.63, 3.8) is 0 Å². The van der Waals surface area contributed by atoms with Crippen molar-refractivity contribution < 1.29 is 9.90 Å². The second-order valence-electron chi connectivity index (χ2n) is 6.56. The summed E-state index contributed by atoms with van der Waals surface area (Å²) >= 11 is 0. The largest absolute Gasteiger partial charge is 0.480 e. The number of nitrogens with one attached hydrogen (secondary N) is 2. The van der Waals surface area contributed by atoms with Crippen LogP contribution in [-0.2, 0) is 0 Å². The molecule has 1 aliphatic heterocycles. The minimum absolute atomic E-state index is 0.203. The van der Waals surface area contributed by atoms with Crippen LogP contribution in [0.5, 0.6) is 0 Å². The van der Waals surface area contributed by atoms with E-state index in [-0.39, 0.29) is 17.9 Å². The van der Waals surface area contributed by atoms with Crippen LogP contribution in [0, 0.1) is 23.2 Å². The molecule has 2 unspecified atom stereocenters. The number of carbonyl (C=O) groups is 1. The van der Waals surface area contributed by atoms with Crippen LogP contribution in [0.15, 0.2) is 16.9 Å². The molecule has 0 saturated heterocycles. The van der Waals surface area contributed by atoms with Crippen LogP contribution in [0.1, 0.15) is 44.9 Å². The van der Waals surface area contributed by atoms with Gasteiger partial charge in [0.15, 0.2) is 0 Å². The van der Waals surface area contributed by atoms with Crippen molar-refractivity contribution in [2.75, 3.05) is 6.54 Å². The van der Waals surface area contributed by atoms with Gasteiger partial charge < -0.3 is 10.5 Å². The van der Waals surface area contributed by atoms with E-state index < -0.39 is 0 Å². The van der Waals surface area contributed by atoms with Gasteiger partial charge in [-0.2, -0.15) is 4.99 Å². The van der Waals surface area contributed by atoms with Crippen molar-refractivity contribution in [2.45, 2.75) is 44.9 Å². The fraction of sp³-hybridized carbons (Fsp3) is 0.688. The zero-order valence-electron chi connectivity index (χ0n) is 12.8. The molecule has 3 rings (SSSR count). The van der Waals surface area contributed by atoms with Gasteiger partial charge in [0.05, 0.1) is 0 Å². The van der Waals surface area contributed by atoms with Gasteiger partial charge in [0.25, 0.3) is 6.02 Å². The van der Waals surface area contributed by atoms with Gasteiger partial charge >= 0.3 is 6.03 Å². The summed E-state index contributed by atoms with van der Waals surface area (Å²) in [6.45, 7) is 0.482. The number of fused-ring (bicyclic) bond motifs is 1. The summed E-state index contributed by atoms with van der Waals surface area (Å²) < 4.78 is 0. The van der Waals surface area contributed by atoms with Crippen LogP contribution in [0.2, 0.25) is 0 Å². The molecule has 0 radical (unpaired) electrons. The molecule has 2 fully saturated rings. The number of amides is 2. The van der Waals surface area contributed by atoms with E-state index in [1.165, 1.54) is 43.1 Å². The molecule has 6 nitrogen and oxygen atoms in total. The molecule has 22 heavy (non-hydrogen) atoms. The van der Waals surface area contributed by atoms with Crippen LogP contribution < -0.4 is 5.32 Å². The minimum Gasteiger partial charge on any atom is -0.480 e. The normalized spacial score (nSPS) is 31.7. The second-order valence-corrected chi connectivity index (χ2v) is 6.56. The molecule has 120 valence electrons. The predicted molar refractivity (Wildman–Crippen MR) is 85.0 cm³/mol. The van der Waals surface area contributed by atoms with Crippen molar-refractivity contribution in [1.82, 2.24) is 10.2 Å². The van der Waals surface area contributed by atoms with Crippen molar-refractivity contribution >= 4 is 18.3 Å². The van der Waals surface area contributed by atoms with Gasteiger partial charge in [0, 0.05) is 12.8 Å². The number of allylic oxidation sites excluding steroid dienone is 1. The zero-order chi connectivity index (χ0) is 15.5. The maximum atomic E-state index is 11.9. The third kappa shape index (κ3) is 3.31. The highest BCUT2D eigenvalue weighted by molar-refractivity contribution is 5.96. The maximum Gasteiger partial charge on any atom is 0.331 e. The van der Waals surface area contributed by atoms with Crippen LogP contribution in [-0.4, -0.2) is 34.8 Å². The average molecular weight is 304 g/mol. The molecule has 2 saturated carbocycles. The Labute approximate surface area is 130 Å². The first-order valence-corrected chi connectivity index (χ1v) is 8.26. The SMILES string of the molecule is N=C/C=C1/N=C(O)N(CCCCC[C@H]2CCC3CC32)C(=O)N1. The fourth-order valence-electron chi connectivity index (χ4n) is 3.86. The minimum atomic E-state index is -0.378. The first kappa shape index (κ1) is 15.1. The first-order chi connectivity index (χ1) is 10.7. The summed E-state index contributed by atoms with van der Waals surface area (Å²) in [4.78, 5) is 17.0. The lowest BCUT2D eigenvalue weighted by molar-refractivity contribution is 0.211. The number of unbranched alkanes of at least 4 members (excludes halogenated alkanes) is 2. The Morgan fingerprint density at radius 1 is 1.36 bits per heavy atom. The van der Waals surface area contributed by atoms with E-state index >= 15 is 0 Å². The molecule has 3 atom stereocenters. The summed E-state index contributed by atoms with van der Waals surface area (Å²) in [7, 11) is 0. The summed E-state index contributed by atoms with van der Waals surface area (Å²) in [5, 5.41) is 19.3. The van der Waals surface area contributed by atoms with Gasteiger partial charge in [0.2, 0.25) is 0 Å². The van der Waals surface area contributed by atoms with Gasteiger partial charge in [-0.15, -0.1) is 0 Å². The Kier molecular flexibility index (Phi) is 4.45. The molecular weight excluding hydrogens is 280 g/mol. The molecule has 0 spiro atoms. The second kappa shape index (κ2) is 6.50. The number of carbonyl (C=O) groups excluding carboxylic acids is 1. The van der Waals surface area contributed by atoms with Crippen LogP contribution >= 0.6 is 0 Å². The van der Waals surface area contributed by atoms with Gasteiger partial charge in [-0.3, -0.25) is 5.32 Å². The van der Waals surface area contributed by atoms with Gasteiger partial charge in [0.1, 0.15) is 5.82 Å². The number of aliphatic hydroxyl groups is 1. The molecule has 0 bridgehead atoms. The van der Waals surface area contributed by atoms with E-state index in [2.05, 4.69) is 10.3 Å². The lowest BCUT2D eigenvalue weighted by Crippen LogP contribution is -2.47. The highest BCUT2D eigenvalue weighted by Gasteiger charge is 2.47. The Morgan fingerprint density at radius 2 is 2.23 bits per heavy atom. The van der Waals surface area contributed by atoms with Gasteiger partial charge in [-0.1, -0.05) is 19.3 Å². The number of nitrogens with zero attached hydrogens (tertiary/aromatic N) is 2. The standard InChI is InChI=1S/C16H24N4O2/c17-8-7-14-18-15(21)20(16(22)19-14)9-3-1-2-4-11-5-6-12-10-13(11)12/h7-8,11-13,17H,1-6,9-10H2,(H,18,21)(H,19,22)/t11-,12?,13?/m0/s1. The monoisotopic (exact) mass is 304 g/mol. The molecular formula is C16H24N4O2. The lowest BCUT2D eigenvalue weighted by Gasteiger charge is -2.24. The number of urea groups is 1. The average Bonchev–Trinajstić information content (AvgIpc) is 3.15. The smallest absolute Gasteiger partial charge is 0.331 e. The molecule has 1 heterocycles. The lowest BCUT2D eigenvalue weighted by atomic mass is 9.96. The number of hydrogen-bond acceptors (Lipinski definition) is 3. The summed E-state index contributed by atoms with van der Waals surface area (Å²) in [6.07, 6.45) is 11.2. The summed E-state index contributed by atoms with van der Waals surface area (Å²) in [5.74, 6) is 3.24. The van der Waals surface area contributed by atoms with E-state index in [0.717, 1.165) is 36.8 Å². The maximum absolute atomic E-state index is 11.9. The summed E-state index contributed by atoms with van der Waals surface area (Å²) in [6, 6.07) is -0.661. The van der Waals surface area contributed by atoms with Crippen molar-refractivity contribution in [2.24, 2.45) is 22.7 Å². The first-order valence-electron chi connectivity index (χ1n) is 8.26. The fourth-order valence-corrected chi connectivity index (χ4v) is 3.86. The molecule has 2 amide bonds. The number of aliphatic imine (C=N–C) groups is 1. The topological polar surface area (TPSA) is 88.8 Å². The third-order valence-corrected chi connectivity index (χ3v) is 5.13. The predicted octanol–water partition coefficient (Wildman–Crippen LogP) is 3.02. The highest BCUT2D eigenvalue weighted by Crippen LogP contribution is 2.56. The Morgan fingerprint density at radius 3 is 2.86 bits per heavy atom. The van der Waals surface area contributed by atoms with Crippen LogP contribution in [0.25, 0.3) is 0 Å². The van der Waals surface area contributed by atoms with E-state index in [9.17, 15) is 9.90 Å². The van der Waals surface area contributed by atoms with Crippen molar-refractivity contribution in [1.29, 1.82) is 5.41 Å². The Bertz CT molecular complexity index is 514. The van der Waals surface area contributed by atoms with E-state index in [1.54, 1.807) is 0 Å². The third-order valence-electron chi connectivity index (χ3n) is 5.13. The molecule has 6 heteroatoms. The quantitative estimate of drug-likeness (QED) is 0.498. The zero-order valence-corrected chi connectivity index (χ0v) is 12.8. The van der Waals surface area contributed by atoms with E-state index in [0.29, 0.717) is 6.54 Å². The molecule has 2 aliphatic carbocycles. The number of hydrogen-bond donors (Lipinski definition) is 3. The summed E-state index contributed by atoms with van der Waals surface area (Å²) in [5.41, 5.74) is 0. The molecule has 0 aromatic rings. The van der Waals surface area contributed by atoms with Gasteiger partial charge in [-0.05, 0) is 49.5 Å². The van der Waals surface area contributed by atoms with Crippen molar-refractivity contribution in [3.05, 3.63) is 11.9 Å². The number of aliphatic hydroxyl groups excluding tert-OH is 1. The Balaban J connectivity index is 1.37. The Hall–Kier alpha value is -1.85. The number of amidine groups is 1. The molecule has 3 aliphatic rings. The van der Waals surface area contributed by atoms with Crippen LogP contribution in [0.4, 0.5) is 4.79 Å². The van der Waals surface area contributed by atoms with Gasteiger partial charge in [-0.25, -0.2) is 9.69 Å². The molecule has 0 aromatic heterocycles. The van der Waals surface area contributed by atoms with Crippen LogP contribution in [0.3, 0.4) is 0 Å². The van der Waals surface area contributed by atoms with E-state index in [4.69, 9.17) is 5.41 Å². The molecule has 0 aromatic carbocycles. The molecule has 3 N–H and O–H groups in total. The number of rotatable bonds is 7. The highest BCUT2D eigenvalue weighted by atomic mass is 16.3.